The second-order valence-electron chi connectivity index (χ2n) is 25.7. The van der Waals surface area contributed by atoms with E-state index in [2.05, 4.69) is 29.9 Å². The minimum Gasteiger partial charge on any atom is -0.496 e. The van der Waals surface area contributed by atoms with Gasteiger partial charge >= 0.3 is 17.2 Å². The summed E-state index contributed by atoms with van der Waals surface area (Å²) in [6.07, 6.45) is 3.41. The molecule has 3 aliphatic heterocycles. The highest BCUT2D eigenvalue weighted by Gasteiger charge is 2.72. The molecule has 6 aromatic rings. The number of aliphatic hydroxyl groups is 5. The number of para-hydroxylation sites is 1. The molecule has 4 aromatic heterocycles. The monoisotopic (exact) mass is 1160 g/mol. The van der Waals surface area contributed by atoms with Crippen LogP contribution < -0.4 is 25.5 Å². The maximum atomic E-state index is 13.9. The van der Waals surface area contributed by atoms with E-state index in [9.17, 15) is 45.2 Å². The Labute approximate surface area is 491 Å². The van der Waals surface area contributed by atoms with Gasteiger partial charge in [-0.15, -0.1) is 0 Å². The molecule has 13 rings (SSSR count). The molecule has 0 spiro atoms. The number of benzene rings is 2. The van der Waals surface area contributed by atoms with Crippen molar-refractivity contribution in [2.75, 3.05) is 20.3 Å². The molecule has 17 atom stereocenters. The number of methoxy groups -OCH3 is 1. The van der Waals surface area contributed by atoms with Crippen LogP contribution in [0.25, 0.3) is 22.6 Å². The first-order valence-electron chi connectivity index (χ1n) is 29.1. The van der Waals surface area contributed by atoms with E-state index in [4.69, 9.17) is 37.3 Å². The Hall–Kier alpha value is -7.28. The van der Waals surface area contributed by atoms with Crippen LogP contribution in [0.2, 0.25) is 0 Å². The number of aliphatic hydroxyl groups excluding tert-OH is 5. The molecule has 4 aliphatic carbocycles. The van der Waals surface area contributed by atoms with Gasteiger partial charge in [0.2, 0.25) is 0 Å². The maximum Gasteiger partial charge on any atom is 0.345 e. The van der Waals surface area contributed by atoms with E-state index in [1.807, 2.05) is 45.0 Å². The van der Waals surface area contributed by atoms with Gasteiger partial charge in [0.25, 0.3) is 0 Å². The maximum absolute atomic E-state index is 13.9. The first-order valence-corrected chi connectivity index (χ1v) is 29.1. The van der Waals surface area contributed by atoms with Crippen molar-refractivity contribution in [2.24, 2.45) is 45.3 Å². The van der Waals surface area contributed by atoms with Crippen molar-refractivity contribution in [3.05, 3.63) is 158 Å². The lowest BCUT2D eigenvalue weighted by molar-refractivity contribution is -0.330. The number of esters is 1. The molecule has 19 heteroatoms. The van der Waals surface area contributed by atoms with Crippen LogP contribution in [0.15, 0.2) is 128 Å². The van der Waals surface area contributed by atoms with Gasteiger partial charge < -0.3 is 62.8 Å². The molecule has 5 N–H and O–H groups in total. The van der Waals surface area contributed by atoms with E-state index in [0.29, 0.717) is 67.6 Å². The third kappa shape index (κ3) is 9.12. The second kappa shape index (κ2) is 21.3. The molecule has 0 amide bonds. The molecule has 4 unspecified atom stereocenters. The van der Waals surface area contributed by atoms with Crippen molar-refractivity contribution in [2.45, 2.75) is 134 Å². The zero-order chi connectivity index (χ0) is 60.2. The van der Waals surface area contributed by atoms with Gasteiger partial charge in [-0.05, 0) is 130 Å². The van der Waals surface area contributed by atoms with Crippen LogP contribution in [0, 0.1) is 56.7 Å². The summed E-state index contributed by atoms with van der Waals surface area (Å²) in [5.74, 6) is -0.856. The van der Waals surface area contributed by atoms with Crippen molar-refractivity contribution in [3.8, 4) is 46.0 Å². The molecular formula is C66H71N3O16. The molecule has 4 saturated carbocycles. The molecule has 1 saturated heterocycles. The van der Waals surface area contributed by atoms with Gasteiger partial charge in [0, 0.05) is 76.3 Å². The standard InChI is InChI=1S/C41H40N2O9.C25H31NO7/c1-39-16-15-31-40(2,22-48-38(51-31)26-9-5-6-10-27(26)47-4)30(39)19-32(50-36(45)24-13-11-23(20-42)12-14-24)41(3)35(39)34(44)33-29(52-41)18-28(49-37(33)46)25-8-7-17-43-21-25;1-23-7-6-17(28)24(2,12-27)16(23)10-18(29)25(3)21(23)20(30)19-15(33-25)9-14(32-22(19)31)13-5-4-8-26-11-13/h5-14,17-18,21,30-32,34-35,38,44H,15-16,19,22H2,1-4H3;4-5,8-9,11,16-18,20-21,27-30H,6-7,10,12H2,1-3H3/t30?,31-,32-,34-,35?,38+,39-,40-,41+;16?,17-,18-,20-,21?,23-,24-,25+/m00/s1. The molecule has 19 nitrogen and oxygen atoms in total. The minimum absolute atomic E-state index is 0.0359. The first kappa shape index (κ1) is 58.1. The lowest BCUT2D eigenvalue weighted by Gasteiger charge is -2.67. The topological polar surface area (TPSA) is 284 Å². The van der Waals surface area contributed by atoms with Gasteiger partial charge in [-0.3, -0.25) is 9.97 Å². The van der Waals surface area contributed by atoms with Gasteiger partial charge in [-0.2, -0.15) is 5.26 Å². The Morgan fingerprint density at radius 1 is 0.706 bits per heavy atom. The van der Waals surface area contributed by atoms with Crippen LogP contribution in [0.5, 0.6) is 17.2 Å². The number of aromatic nitrogens is 2. The Balaban J connectivity index is 0.000000185. The van der Waals surface area contributed by atoms with E-state index in [0.717, 1.165) is 5.56 Å². The third-order valence-corrected chi connectivity index (χ3v) is 21.2. The number of nitriles is 1. The van der Waals surface area contributed by atoms with Gasteiger partial charge in [0.1, 0.15) is 57.2 Å². The number of carbonyl (C=O) groups is 1. The summed E-state index contributed by atoms with van der Waals surface area (Å²) < 4.78 is 49.8. The number of pyridine rings is 2. The fourth-order valence-corrected chi connectivity index (χ4v) is 16.8. The molecule has 446 valence electrons. The molecule has 2 aromatic carbocycles. The molecule has 7 heterocycles. The van der Waals surface area contributed by atoms with E-state index in [1.165, 1.54) is 0 Å². The molecule has 5 fully saturated rings. The van der Waals surface area contributed by atoms with Gasteiger partial charge in [-0.1, -0.05) is 45.9 Å². The van der Waals surface area contributed by atoms with Crippen LogP contribution >= 0.6 is 0 Å². The van der Waals surface area contributed by atoms with E-state index in [-0.39, 0.29) is 64.3 Å². The number of hydrogen-bond acceptors (Lipinski definition) is 19. The van der Waals surface area contributed by atoms with Crippen molar-refractivity contribution in [3.63, 3.8) is 0 Å². The largest absolute Gasteiger partial charge is 0.496 e. The van der Waals surface area contributed by atoms with Gasteiger partial charge in [0.15, 0.2) is 6.29 Å². The number of fused-ring (bicyclic) bond motifs is 10. The number of hydrogen-bond donors (Lipinski definition) is 5. The summed E-state index contributed by atoms with van der Waals surface area (Å²) in [4.78, 5) is 48.9. The quantitative estimate of drug-likeness (QED) is 0.0935. The number of ether oxygens (including phenoxy) is 6. The van der Waals surface area contributed by atoms with Gasteiger partial charge in [0.05, 0.1) is 68.0 Å². The number of carbonyl (C=O) groups excluding carboxylic acids is 1. The molecular weight excluding hydrogens is 1090 g/mol. The zero-order valence-electron chi connectivity index (χ0n) is 48.5. The Bertz CT molecular complexity index is 3690. The van der Waals surface area contributed by atoms with Gasteiger partial charge in [-0.25, -0.2) is 14.4 Å². The van der Waals surface area contributed by atoms with Crippen molar-refractivity contribution in [1.29, 1.82) is 5.26 Å². The Morgan fingerprint density at radius 3 is 1.86 bits per heavy atom. The average Bonchev–Trinajstić information content (AvgIpc) is 0.719. The van der Waals surface area contributed by atoms with Crippen LogP contribution in [-0.2, 0) is 14.2 Å². The number of rotatable bonds is 7. The molecule has 7 aliphatic rings. The van der Waals surface area contributed by atoms with Crippen LogP contribution in [-0.4, -0.2) is 97.4 Å². The zero-order valence-corrected chi connectivity index (χ0v) is 48.5. The fourth-order valence-electron chi connectivity index (χ4n) is 16.8. The van der Waals surface area contributed by atoms with E-state index < -0.39 is 98.7 Å². The highest BCUT2D eigenvalue weighted by molar-refractivity contribution is 5.89. The molecule has 0 radical (unpaired) electrons. The van der Waals surface area contributed by atoms with E-state index >= 15 is 0 Å². The minimum atomic E-state index is -1.30. The summed E-state index contributed by atoms with van der Waals surface area (Å²) in [7, 11) is 1.62. The summed E-state index contributed by atoms with van der Waals surface area (Å²) in [5, 5.41) is 65.6. The first-order chi connectivity index (χ1) is 40.6. The highest BCUT2D eigenvalue weighted by atomic mass is 16.7. The van der Waals surface area contributed by atoms with Crippen molar-refractivity contribution in [1.82, 2.24) is 9.97 Å². The third-order valence-electron chi connectivity index (χ3n) is 21.2. The number of nitrogens with zero attached hydrogens (tertiary/aromatic N) is 3. The van der Waals surface area contributed by atoms with E-state index in [1.54, 1.807) is 99.5 Å². The van der Waals surface area contributed by atoms with Crippen LogP contribution in [0.4, 0.5) is 0 Å². The summed E-state index contributed by atoms with van der Waals surface area (Å²) in [6.45, 7) is 11.8. The second-order valence-corrected chi connectivity index (χ2v) is 25.7. The van der Waals surface area contributed by atoms with Crippen LogP contribution in [0.3, 0.4) is 0 Å². The predicted octanol–water partition coefficient (Wildman–Crippen LogP) is 8.59. The van der Waals surface area contributed by atoms with Crippen LogP contribution in [0.1, 0.15) is 131 Å². The smallest absolute Gasteiger partial charge is 0.345 e. The summed E-state index contributed by atoms with van der Waals surface area (Å²) in [5.41, 5.74) is -3.72. The SMILES string of the molecule is COc1ccccc1[C@@H]1OC[C@@]2(C)C3C[C@H](OC(=O)c4ccc(C#N)cc4)[C@@]4(C)Oc5cc(-c6cccnc6)oc(=O)c5[C@H](O)C4[C@@]3(C)CC[C@@H]2O1.C[C@]12CC[C@H](O)[C@@](C)(CO)C1C[C@H](O)[C@@]1(C)Oc3cc(-c4cccnc4)oc(=O)c3[C@H](O)C21. The van der Waals surface area contributed by atoms with Crippen molar-refractivity contribution >= 4 is 5.97 Å². The predicted molar refractivity (Wildman–Crippen MR) is 305 cm³/mol. The Morgan fingerprint density at radius 2 is 1.28 bits per heavy atom. The summed E-state index contributed by atoms with van der Waals surface area (Å²) >= 11 is 0. The lowest BCUT2D eigenvalue weighted by Crippen LogP contribution is -2.71. The molecule has 85 heavy (non-hydrogen) atoms. The summed E-state index contributed by atoms with van der Waals surface area (Å²) in [6, 6.07) is 26.1. The Kier molecular flexibility index (Phi) is 14.6. The lowest BCUT2D eigenvalue weighted by atomic mass is 9.42. The fraction of sp³-hybridized carbons (Fsp3) is 0.485. The molecule has 0 bridgehead atoms. The highest BCUT2D eigenvalue weighted by Crippen LogP contribution is 2.70. The normalized spacial score (nSPS) is 36.6. The average molecular weight is 1160 g/mol. The van der Waals surface area contributed by atoms with Crippen molar-refractivity contribution < 1.29 is 67.6 Å².